The van der Waals surface area contributed by atoms with Crippen LogP contribution in [0.2, 0.25) is 0 Å². The first-order valence-electron chi connectivity index (χ1n) is 13.7. The van der Waals surface area contributed by atoms with Gasteiger partial charge < -0.3 is 29.6 Å². The van der Waals surface area contributed by atoms with Crippen LogP contribution in [0, 0.1) is 23.7 Å². The van der Waals surface area contributed by atoms with Gasteiger partial charge in [0.1, 0.15) is 0 Å². The molecule has 0 aromatic carbocycles. The highest BCUT2D eigenvalue weighted by Crippen LogP contribution is 2.53. The molecule has 4 unspecified atom stereocenters. The molecule has 10 heteroatoms. The first-order chi connectivity index (χ1) is 18.2. The minimum absolute atomic E-state index is 0.275. The van der Waals surface area contributed by atoms with Gasteiger partial charge in [0.05, 0.1) is 26.4 Å². The fraction of sp³-hybridized carbons (Fsp3) is 0.714. The Morgan fingerprint density at radius 1 is 0.737 bits per heavy atom. The summed E-state index contributed by atoms with van der Waals surface area (Å²) in [7, 11) is 0. The molecule has 38 heavy (non-hydrogen) atoms. The average molecular weight is 537 g/mol. The SMILES string of the molecule is C=C(C)C(=O)OCCCCOC(=O)NCCC1C2CCC1C(CNC(=O)OCCCCOC(=O)C(=C)C)C2. The molecule has 4 atom stereocenters. The summed E-state index contributed by atoms with van der Waals surface area (Å²) >= 11 is 0. The van der Waals surface area contributed by atoms with Gasteiger partial charge in [-0.15, -0.1) is 0 Å². The highest BCUT2D eigenvalue weighted by Gasteiger charge is 2.47. The molecule has 0 heterocycles. The van der Waals surface area contributed by atoms with Crippen LogP contribution in [0.4, 0.5) is 9.59 Å². The van der Waals surface area contributed by atoms with E-state index >= 15 is 0 Å². The summed E-state index contributed by atoms with van der Waals surface area (Å²) in [6.45, 7) is 12.5. The number of amides is 2. The van der Waals surface area contributed by atoms with Crippen molar-refractivity contribution in [2.24, 2.45) is 23.7 Å². The van der Waals surface area contributed by atoms with Crippen LogP contribution in [0.15, 0.2) is 24.3 Å². The summed E-state index contributed by atoms with van der Waals surface area (Å²) in [5.41, 5.74) is 0.733. The molecule has 2 rings (SSSR count). The zero-order valence-electron chi connectivity index (χ0n) is 22.9. The molecule has 0 saturated heterocycles. The molecular weight excluding hydrogens is 492 g/mol. The van der Waals surface area contributed by atoms with Gasteiger partial charge in [-0.3, -0.25) is 0 Å². The molecule has 0 aromatic rings. The van der Waals surface area contributed by atoms with Crippen molar-refractivity contribution in [3.63, 3.8) is 0 Å². The summed E-state index contributed by atoms with van der Waals surface area (Å²) in [4.78, 5) is 46.6. The number of alkyl carbamates (subject to hydrolysis) is 2. The summed E-state index contributed by atoms with van der Waals surface area (Å²) in [6, 6.07) is 0. The summed E-state index contributed by atoms with van der Waals surface area (Å²) in [6.07, 6.45) is 5.97. The molecule has 2 bridgehead atoms. The number of rotatable bonds is 17. The van der Waals surface area contributed by atoms with Crippen LogP contribution in [0.5, 0.6) is 0 Å². The number of carbonyl (C=O) groups excluding carboxylic acids is 4. The predicted molar refractivity (Wildman–Crippen MR) is 141 cm³/mol. The monoisotopic (exact) mass is 536 g/mol. The Bertz CT molecular complexity index is 843. The molecule has 0 spiro atoms. The van der Waals surface area contributed by atoms with Crippen molar-refractivity contribution in [2.75, 3.05) is 39.5 Å². The molecule has 0 radical (unpaired) electrons. The standard InChI is InChI=1S/C28H44N2O8/c1-19(2)25(31)35-13-5-7-15-37-27(33)29-12-11-24-21-9-10-23(24)22(17-21)18-30-28(34)38-16-8-6-14-36-26(32)20(3)4/h21-24H,1,3,5-18H2,2,4H3,(H,29,33)(H,30,34). The molecule has 2 aliphatic rings. The molecule has 0 aromatic heterocycles. The zero-order valence-corrected chi connectivity index (χ0v) is 22.9. The highest BCUT2D eigenvalue weighted by molar-refractivity contribution is 5.87. The second-order valence-corrected chi connectivity index (χ2v) is 10.3. The molecular formula is C28H44N2O8. The summed E-state index contributed by atoms with van der Waals surface area (Å²) < 4.78 is 20.4. The third kappa shape index (κ3) is 11.1. The van der Waals surface area contributed by atoms with Gasteiger partial charge in [0.15, 0.2) is 0 Å². The van der Waals surface area contributed by atoms with Gasteiger partial charge >= 0.3 is 24.1 Å². The number of esters is 2. The van der Waals surface area contributed by atoms with Crippen molar-refractivity contribution >= 4 is 24.1 Å². The van der Waals surface area contributed by atoms with Crippen LogP contribution >= 0.6 is 0 Å². The number of hydrogen-bond acceptors (Lipinski definition) is 8. The lowest BCUT2D eigenvalue weighted by atomic mass is 9.87. The Balaban J connectivity index is 1.51. The molecule has 0 aliphatic heterocycles. The molecule has 10 nitrogen and oxygen atoms in total. The lowest BCUT2D eigenvalue weighted by Gasteiger charge is -2.22. The number of nitrogens with one attached hydrogen (secondary N) is 2. The van der Waals surface area contributed by atoms with Crippen molar-refractivity contribution in [1.29, 1.82) is 0 Å². The molecule has 2 N–H and O–H groups in total. The average Bonchev–Trinajstić information content (AvgIpc) is 3.42. The lowest BCUT2D eigenvalue weighted by Crippen LogP contribution is -2.33. The molecule has 2 amide bonds. The summed E-state index contributed by atoms with van der Waals surface area (Å²) in [5, 5.41) is 5.73. The van der Waals surface area contributed by atoms with Crippen LogP contribution in [0.3, 0.4) is 0 Å². The summed E-state index contributed by atoms with van der Waals surface area (Å²) in [5.74, 6) is 1.33. The van der Waals surface area contributed by atoms with Gasteiger partial charge in [-0.05, 0) is 88.9 Å². The second kappa shape index (κ2) is 16.7. The van der Waals surface area contributed by atoms with E-state index in [1.54, 1.807) is 13.8 Å². The minimum atomic E-state index is -0.427. The van der Waals surface area contributed by atoms with Crippen molar-refractivity contribution < 1.29 is 38.1 Å². The van der Waals surface area contributed by atoms with Crippen LogP contribution in [0.1, 0.15) is 65.2 Å². The zero-order chi connectivity index (χ0) is 27.9. The van der Waals surface area contributed by atoms with E-state index in [2.05, 4.69) is 23.8 Å². The molecule has 2 fully saturated rings. The van der Waals surface area contributed by atoms with E-state index in [9.17, 15) is 19.2 Å². The first-order valence-corrected chi connectivity index (χ1v) is 13.7. The van der Waals surface area contributed by atoms with Crippen LogP contribution in [-0.4, -0.2) is 63.6 Å². The normalized spacial score (nSPS) is 21.3. The Labute approximate surface area is 225 Å². The number of ether oxygens (including phenoxy) is 4. The van der Waals surface area contributed by atoms with Crippen LogP contribution < -0.4 is 10.6 Å². The van der Waals surface area contributed by atoms with Gasteiger partial charge in [-0.2, -0.15) is 0 Å². The van der Waals surface area contributed by atoms with Crippen molar-refractivity contribution in [2.45, 2.75) is 65.2 Å². The maximum absolute atomic E-state index is 12.0. The fourth-order valence-electron chi connectivity index (χ4n) is 5.28. The lowest BCUT2D eigenvalue weighted by molar-refractivity contribution is -0.140. The minimum Gasteiger partial charge on any atom is -0.462 e. The molecule has 2 saturated carbocycles. The predicted octanol–water partition coefficient (Wildman–Crippen LogP) is 4.29. The van der Waals surface area contributed by atoms with Crippen molar-refractivity contribution in [3.05, 3.63) is 24.3 Å². The third-order valence-electron chi connectivity index (χ3n) is 7.20. The maximum atomic E-state index is 12.0. The quantitative estimate of drug-likeness (QED) is 0.122. The van der Waals surface area contributed by atoms with E-state index in [0.717, 1.165) is 19.3 Å². The van der Waals surface area contributed by atoms with Gasteiger partial charge in [-0.1, -0.05) is 13.2 Å². The molecule has 2 aliphatic carbocycles. The topological polar surface area (TPSA) is 129 Å². The van der Waals surface area contributed by atoms with E-state index in [-0.39, 0.29) is 26.4 Å². The Hall–Kier alpha value is -3.04. The first kappa shape index (κ1) is 31.2. The van der Waals surface area contributed by atoms with Crippen molar-refractivity contribution in [3.8, 4) is 0 Å². The Morgan fingerprint density at radius 3 is 1.76 bits per heavy atom. The van der Waals surface area contributed by atoms with E-state index in [0.29, 0.717) is 73.6 Å². The van der Waals surface area contributed by atoms with Crippen molar-refractivity contribution in [1.82, 2.24) is 10.6 Å². The largest absolute Gasteiger partial charge is 0.462 e. The Kier molecular flexibility index (Phi) is 13.7. The molecule has 214 valence electrons. The number of fused-ring (bicyclic) bond motifs is 2. The Morgan fingerprint density at radius 2 is 1.24 bits per heavy atom. The number of hydrogen-bond donors (Lipinski definition) is 2. The second-order valence-electron chi connectivity index (χ2n) is 10.3. The van der Waals surface area contributed by atoms with Crippen LogP contribution in [-0.2, 0) is 28.5 Å². The van der Waals surface area contributed by atoms with Gasteiger partial charge in [0.25, 0.3) is 0 Å². The van der Waals surface area contributed by atoms with E-state index < -0.39 is 24.1 Å². The third-order valence-corrected chi connectivity index (χ3v) is 7.20. The smallest absolute Gasteiger partial charge is 0.407 e. The maximum Gasteiger partial charge on any atom is 0.407 e. The number of carbonyl (C=O) groups is 4. The van der Waals surface area contributed by atoms with E-state index in [1.807, 2.05) is 0 Å². The van der Waals surface area contributed by atoms with E-state index in [1.165, 1.54) is 6.42 Å². The number of unbranched alkanes of at least 4 members (excludes halogenated alkanes) is 2. The van der Waals surface area contributed by atoms with Gasteiger partial charge in [-0.25, -0.2) is 19.2 Å². The highest BCUT2D eigenvalue weighted by atomic mass is 16.6. The van der Waals surface area contributed by atoms with E-state index in [4.69, 9.17) is 18.9 Å². The van der Waals surface area contributed by atoms with Gasteiger partial charge in [0.2, 0.25) is 0 Å². The fourth-order valence-corrected chi connectivity index (χ4v) is 5.28. The van der Waals surface area contributed by atoms with Crippen LogP contribution in [0.25, 0.3) is 0 Å². The van der Waals surface area contributed by atoms with Gasteiger partial charge in [0, 0.05) is 24.2 Å².